The Balaban J connectivity index is 1.74. The molecule has 1 aromatic carbocycles. The molecule has 2 aliphatic rings. The molecular weight excluding hydrogens is 242 g/mol. The first kappa shape index (κ1) is 12.8. The number of aliphatic hydroxyl groups excluding tert-OH is 1. The molecule has 1 fully saturated rings. The van der Waals surface area contributed by atoms with E-state index in [1.165, 1.54) is 12.0 Å². The quantitative estimate of drug-likeness (QED) is 0.907. The monoisotopic (exact) mass is 263 g/mol. The standard InChI is InChI=1S/C15H21NO3/c1-11(16-6-2-3-12(8-16)9-17)13-4-5-14-15(7-13)19-10-18-14/h4-5,7,11-12,17H,2-3,6,8-10H2,1H3. The van der Waals surface area contributed by atoms with Gasteiger partial charge in [0.15, 0.2) is 11.5 Å². The van der Waals surface area contributed by atoms with Gasteiger partial charge >= 0.3 is 0 Å². The highest BCUT2D eigenvalue weighted by atomic mass is 16.7. The van der Waals surface area contributed by atoms with Crippen molar-refractivity contribution in [2.45, 2.75) is 25.8 Å². The molecular formula is C15H21NO3. The molecule has 2 atom stereocenters. The van der Waals surface area contributed by atoms with Gasteiger partial charge in [-0.3, -0.25) is 4.90 Å². The summed E-state index contributed by atoms with van der Waals surface area (Å²) in [6.45, 7) is 4.92. The van der Waals surface area contributed by atoms with Crippen molar-refractivity contribution in [2.24, 2.45) is 5.92 Å². The number of likely N-dealkylation sites (tertiary alicyclic amines) is 1. The Labute approximate surface area is 113 Å². The van der Waals surface area contributed by atoms with Crippen LogP contribution >= 0.6 is 0 Å². The van der Waals surface area contributed by atoms with E-state index >= 15 is 0 Å². The maximum Gasteiger partial charge on any atom is 0.231 e. The van der Waals surface area contributed by atoms with E-state index in [1.54, 1.807) is 0 Å². The van der Waals surface area contributed by atoms with Gasteiger partial charge in [-0.15, -0.1) is 0 Å². The molecule has 19 heavy (non-hydrogen) atoms. The topological polar surface area (TPSA) is 41.9 Å². The highest BCUT2D eigenvalue weighted by Gasteiger charge is 2.25. The van der Waals surface area contributed by atoms with Gasteiger partial charge in [-0.2, -0.15) is 0 Å². The van der Waals surface area contributed by atoms with Gasteiger partial charge < -0.3 is 14.6 Å². The highest BCUT2D eigenvalue weighted by molar-refractivity contribution is 5.45. The second-order valence-corrected chi connectivity index (χ2v) is 5.47. The molecule has 3 rings (SSSR count). The van der Waals surface area contributed by atoms with E-state index in [-0.39, 0.29) is 0 Å². The van der Waals surface area contributed by atoms with E-state index in [4.69, 9.17) is 9.47 Å². The number of hydrogen-bond acceptors (Lipinski definition) is 4. The van der Waals surface area contributed by atoms with Crippen molar-refractivity contribution in [3.05, 3.63) is 23.8 Å². The van der Waals surface area contributed by atoms with Gasteiger partial charge in [0.1, 0.15) is 0 Å². The predicted molar refractivity (Wildman–Crippen MR) is 72.4 cm³/mol. The van der Waals surface area contributed by atoms with E-state index in [1.807, 2.05) is 6.07 Å². The lowest BCUT2D eigenvalue weighted by atomic mass is 9.96. The molecule has 0 aromatic heterocycles. The Morgan fingerprint density at radius 3 is 3.05 bits per heavy atom. The zero-order valence-electron chi connectivity index (χ0n) is 11.3. The van der Waals surface area contributed by atoms with Crippen LogP contribution in [-0.2, 0) is 0 Å². The number of benzene rings is 1. The summed E-state index contributed by atoms with van der Waals surface area (Å²) in [4.78, 5) is 2.45. The Morgan fingerprint density at radius 2 is 2.21 bits per heavy atom. The Morgan fingerprint density at radius 1 is 1.37 bits per heavy atom. The van der Waals surface area contributed by atoms with Crippen LogP contribution in [0.3, 0.4) is 0 Å². The van der Waals surface area contributed by atoms with Crippen LogP contribution in [0, 0.1) is 5.92 Å². The molecule has 0 bridgehead atoms. The molecule has 0 aliphatic carbocycles. The second-order valence-electron chi connectivity index (χ2n) is 5.47. The van der Waals surface area contributed by atoms with Crippen molar-refractivity contribution in [1.82, 2.24) is 4.90 Å². The summed E-state index contributed by atoms with van der Waals surface area (Å²) in [5.74, 6) is 2.10. The molecule has 2 unspecified atom stereocenters. The lowest BCUT2D eigenvalue weighted by Crippen LogP contribution is -2.38. The van der Waals surface area contributed by atoms with Gasteiger partial charge in [-0.1, -0.05) is 6.07 Å². The molecule has 0 saturated carbocycles. The molecule has 1 saturated heterocycles. The number of aliphatic hydroxyl groups is 1. The van der Waals surface area contributed by atoms with Gasteiger partial charge in [-0.05, 0) is 49.9 Å². The number of hydrogen-bond donors (Lipinski definition) is 1. The van der Waals surface area contributed by atoms with E-state index in [0.717, 1.165) is 31.0 Å². The third-order valence-corrected chi connectivity index (χ3v) is 4.24. The first-order valence-electron chi connectivity index (χ1n) is 7.02. The van der Waals surface area contributed by atoms with Crippen molar-refractivity contribution >= 4 is 0 Å². The van der Waals surface area contributed by atoms with E-state index < -0.39 is 0 Å². The summed E-state index contributed by atoms with van der Waals surface area (Å²) in [6.07, 6.45) is 2.31. The summed E-state index contributed by atoms with van der Waals surface area (Å²) in [7, 11) is 0. The average molecular weight is 263 g/mol. The molecule has 1 aromatic rings. The van der Waals surface area contributed by atoms with Crippen molar-refractivity contribution in [3.63, 3.8) is 0 Å². The molecule has 0 amide bonds. The van der Waals surface area contributed by atoms with Crippen LogP contribution in [-0.4, -0.2) is 36.5 Å². The summed E-state index contributed by atoms with van der Waals surface area (Å²) < 4.78 is 10.8. The average Bonchev–Trinajstić information content (AvgIpc) is 2.94. The third-order valence-electron chi connectivity index (χ3n) is 4.24. The molecule has 1 N–H and O–H groups in total. The second kappa shape index (κ2) is 5.39. The van der Waals surface area contributed by atoms with Crippen molar-refractivity contribution in [3.8, 4) is 11.5 Å². The van der Waals surface area contributed by atoms with E-state index in [9.17, 15) is 5.11 Å². The summed E-state index contributed by atoms with van der Waals surface area (Å²) >= 11 is 0. The van der Waals surface area contributed by atoms with Crippen molar-refractivity contribution < 1.29 is 14.6 Å². The molecule has 2 heterocycles. The van der Waals surface area contributed by atoms with Gasteiger partial charge in [-0.25, -0.2) is 0 Å². The Kier molecular flexibility index (Phi) is 3.62. The van der Waals surface area contributed by atoms with Gasteiger partial charge in [0.05, 0.1) is 0 Å². The first-order chi connectivity index (χ1) is 9.28. The fraction of sp³-hybridized carbons (Fsp3) is 0.600. The fourth-order valence-electron chi connectivity index (χ4n) is 2.98. The SMILES string of the molecule is CC(c1ccc2c(c1)OCO2)N1CCCC(CO)C1. The lowest BCUT2D eigenvalue weighted by Gasteiger charge is -2.36. The highest BCUT2D eigenvalue weighted by Crippen LogP contribution is 2.36. The van der Waals surface area contributed by atoms with Crippen LogP contribution in [0.2, 0.25) is 0 Å². The van der Waals surface area contributed by atoms with Gasteiger partial charge in [0.25, 0.3) is 0 Å². The molecule has 0 radical (unpaired) electrons. The fourth-order valence-corrected chi connectivity index (χ4v) is 2.98. The van der Waals surface area contributed by atoms with Crippen LogP contribution in [0.5, 0.6) is 11.5 Å². The van der Waals surface area contributed by atoms with Crippen molar-refractivity contribution in [2.75, 3.05) is 26.5 Å². The molecule has 104 valence electrons. The normalized spacial score (nSPS) is 24.4. The summed E-state index contributed by atoms with van der Waals surface area (Å²) in [5.41, 5.74) is 1.25. The molecule has 4 heteroatoms. The number of rotatable bonds is 3. The Bertz CT molecular complexity index is 449. The van der Waals surface area contributed by atoms with Crippen LogP contribution in [0.4, 0.5) is 0 Å². The van der Waals surface area contributed by atoms with Gasteiger partial charge in [0.2, 0.25) is 6.79 Å². The minimum atomic E-state index is 0.296. The van der Waals surface area contributed by atoms with Crippen LogP contribution in [0.1, 0.15) is 31.4 Å². The first-order valence-corrected chi connectivity index (χ1v) is 7.02. The largest absolute Gasteiger partial charge is 0.454 e. The molecule has 0 spiro atoms. The zero-order chi connectivity index (χ0) is 13.2. The van der Waals surface area contributed by atoms with Gasteiger partial charge in [0, 0.05) is 19.2 Å². The number of nitrogens with zero attached hydrogens (tertiary/aromatic N) is 1. The van der Waals surface area contributed by atoms with Crippen LogP contribution < -0.4 is 9.47 Å². The summed E-state index contributed by atoms with van der Waals surface area (Å²) in [6, 6.07) is 6.53. The van der Waals surface area contributed by atoms with Crippen LogP contribution in [0.25, 0.3) is 0 Å². The minimum absolute atomic E-state index is 0.296. The maximum absolute atomic E-state index is 9.32. The predicted octanol–water partition coefficient (Wildman–Crippen LogP) is 2.18. The summed E-state index contributed by atoms with van der Waals surface area (Å²) in [5, 5.41) is 9.32. The Hall–Kier alpha value is -1.26. The van der Waals surface area contributed by atoms with Crippen LogP contribution in [0.15, 0.2) is 18.2 Å². The number of piperidine rings is 1. The van der Waals surface area contributed by atoms with Crippen molar-refractivity contribution in [1.29, 1.82) is 0 Å². The third kappa shape index (κ3) is 2.55. The molecule has 2 aliphatic heterocycles. The maximum atomic E-state index is 9.32. The van der Waals surface area contributed by atoms with E-state index in [2.05, 4.69) is 24.0 Å². The lowest BCUT2D eigenvalue weighted by molar-refractivity contribution is 0.0935. The molecule has 4 nitrogen and oxygen atoms in total. The van der Waals surface area contributed by atoms with E-state index in [0.29, 0.717) is 25.4 Å². The minimum Gasteiger partial charge on any atom is -0.454 e. The number of ether oxygens (including phenoxy) is 2. The number of fused-ring (bicyclic) bond motifs is 1. The smallest absolute Gasteiger partial charge is 0.231 e. The zero-order valence-corrected chi connectivity index (χ0v) is 11.3.